The van der Waals surface area contributed by atoms with E-state index in [2.05, 4.69) is 10.4 Å². The lowest BCUT2D eigenvalue weighted by Crippen LogP contribution is -2.37. The Bertz CT molecular complexity index is 896. The number of methoxy groups -OCH3 is 1. The molecule has 1 atom stereocenters. The van der Waals surface area contributed by atoms with Crippen molar-refractivity contribution in [3.8, 4) is 5.75 Å². The van der Waals surface area contributed by atoms with E-state index in [1.807, 2.05) is 42.5 Å². The molecule has 6 nitrogen and oxygen atoms in total. The molecule has 0 saturated carbocycles. The minimum atomic E-state index is -0.275. The molecule has 2 amide bonds. The van der Waals surface area contributed by atoms with Crippen molar-refractivity contribution < 1.29 is 14.3 Å². The molecule has 1 heterocycles. The maximum Gasteiger partial charge on any atom is 0.262 e. The molecule has 3 rings (SSSR count). The first kappa shape index (κ1) is 19.9. The van der Waals surface area contributed by atoms with Crippen molar-refractivity contribution in [2.45, 2.75) is 25.8 Å². The van der Waals surface area contributed by atoms with Crippen LogP contribution in [0.25, 0.3) is 0 Å². The van der Waals surface area contributed by atoms with Gasteiger partial charge in [0.25, 0.3) is 5.91 Å². The number of hydrogen-bond donors (Lipinski definition) is 1. The van der Waals surface area contributed by atoms with Gasteiger partial charge in [0, 0.05) is 23.4 Å². The Morgan fingerprint density at radius 3 is 2.57 bits per heavy atom. The Hall–Kier alpha value is -2.86. The smallest absolute Gasteiger partial charge is 0.262 e. The lowest BCUT2D eigenvalue weighted by Gasteiger charge is -2.22. The quantitative estimate of drug-likeness (QED) is 0.807. The fourth-order valence-electron chi connectivity index (χ4n) is 3.06. The van der Waals surface area contributed by atoms with Gasteiger partial charge in [-0.3, -0.25) is 9.59 Å². The third-order valence-corrected chi connectivity index (χ3v) is 4.94. The van der Waals surface area contributed by atoms with Gasteiger partial charge in [0.05, 0.1) is 25.4 Å². The summed E-state index contributed by atoms with van der Waals surface area (Å²) in [6, 6.07) is 14.7. The second-order valence-corrected chi connectivity index (χ2v) is 6.80. The number of carbonyl (C=O) groups is 2. The van der Waals surface area contributed by atoms with Crippen LogP contribution in [0.1, 0.15) is 36.9 Å². The van der Waals surface area contributed by atoms with Crippen LogP contribution in [0.5, 0.6) is 5.75 Å². The second kappa shape index (κ2) is 8.89. The number of amides is 2. The summed E-state index contributed by atoms with van der Waals surface area (Å²) < 4.78 is 5.22. The van der Waals surface area contributed by atoms with Gasteiger partial charge in [-0.25, -0.2) is 5.01 Å². The lowest BCUT2D eigenvalue weighted by molar-refractivity contribution is -0.134. The van der Waals surface area contributed by atoms with E-state index in [1.165, 1.54) is 5.01 Å². The minimum absolute atomic E-state index is 0.0986. The maximum absolute atomic E-state index is 12.8. The molecule has 0 saturated heterocycles. The lowest BCUT2D eigenvalue weighted by atomic mass is 9.98. The number of benzene rings is 2. The Morgan fingerprint density at radius 2 is 1.93 bits per heavy atom. The Labute approximate surface area is 169 Å². The van der Waals surface area contributed by atoms with Gasteiger partial charge in [0.15, 0.2) is 0 Å². The number of hydrazone groups is 1. The average molecular weight is 400 g/mol. The number of hydrogen-bond acceptors (Lipinski definition) is 4. The molecule has 1 aliphatic heterocycles. The van der Waals surface area contributed by atoms with Crippen LogP contribution in [-0.2, 0) is 9.59 Å². The van der Waals surface area contributed by atoms with E-state index in [0.717, 1.165) is 22.6 Å². The molecule has 0 aliphatic carbocycles. The number of nitrogens with zero attached hydrogens (tertiary/aromatic N) is 2. The van der Waals surface area contributed by atoms with Crippen LogP contribution >= 0.6 is 11.6 Å². The number of rotatable bonds is 6. The molecule has 0 unspecified atom stereocenters. The molecule has 1 N–H and O–H groups in total. The predicted molar refractivity (Wildman–Crippen MR) is 108 cm³/mol. The highest BCUT2D eigenvalue weighted by atomic mass is 35.5. The van der Waals surface area contributed by atoms with Crippen molar-refractivity contribution in [3.05, 3.63) is 64.7 Å². The Morgan fingerprint density at radius 1 is 1.21 bits per heavy atom. The molecular formula is C21H22ClN3O3. The van der Waals surface area contributed by atoms with Gasteiger partial charge in [0.2, 0.25) is 5.91 Å². The number of carbonyl (C=O) groups excluding carboxylic acids is 2. The molecule has 7 heteroatoms. The normalized spacial score (nSPS) is 15.9. The highest BCUT2D eigenvalue weighted by Crippen LogP contribution is 2.34. The number of ether oxygens (including phenoxy) is 1. The summed E-state index contributed by atoms with van der Waals surface area (Å²) in [5.74, 6) is 0.288. The highest BCUT2D eigenvalue weighted by molar-refractivity contribution is 6.34. The zero-order valence-corrected chi connectivity index (χ0v) is 16.6. The van der Waals surface area contributed by atoms with Crippen LogP contribution in [0, 0.1) is 0 Å². The van der Waals surface area contributed by atoms with Crippen LogP contribution < -0.4 is 10.1 Å². The summed E-state index contributed by atoms with van der Waals surface area (Å²) in [6.07, 6.45) is 0.854. The van der Waals surface area contributed by atoms with Gasteiger partial charge in [-0.15, -0.1) is 0 Å². The second-order valence-electron chi connectivity index (χ2n) is 6.39. The fraction of sp³-hybridized carbons (Fsp3) is 0.286. The molecule has 2 aromatic rings. The molecule has 1 aliphatic rings. The molecule has 0 aromatic heterocycles. The van der Waals surface area contributed by atoms with Crippen LogP contribution in [0.15, 0.2) is 53.6 Å². The number of nitrogens with one attached hydrogen (secondary N) is 1. The third-order valence-electron chi connectivity index (χ3n) is 4.61. The monoisotopic (exact) mass is 399 g/mol. The maximum atomic E-state index is 12.8. The van der Waals surface area contributed by atoms with Gasteiger partial charge in [-0.1, -0.05) is 48.9 Å². The Balaban J connectivity index is 1.89. The molecular weight excluding hydrogens is 378 g/mol. The number of halogens is 1. The van der Waals surface area contributed by atoms with Crippen LogP contribution in [-0.4, -0.2) is 36.2 Å². The zero-order chi connectivity index (χ0) is 20.1. The van der Waals surface area contributed by atoms with Crippen molar-refractivity contribution in [2.24, 2.45) is 5.10 Å². The van der Waals surface area contributed by atoms with Crippen LogP contribution in [0.2, 0.25) is 5.02 Å². The summed E-state index contributed by atoms with van der Waals surface area (Å²) in [7, 11) is 1.61. The van der Waals surface area contributed by atoms with Gasteiger partial charge >= 0.3 is 0 Å². The summed E-state index contributed by atoms with van der Waals surface area (Å²) in [5.41, 5.74) is 2.47. The highest BCUT2D eigenvalue weighted by Gasteiger charge is 2.33. The molecule has 0 radical (unpaired) electrons. The summed E-state index contributed by atoms with van der Waals surface area (Å²) in [6.45, 7) is 1.64. The van der Waals surface area contributed by atoms with E-state index < -0.39 is 0 Å². The van der Waals surface area contributed by atoms with E-state index in [9.17, 15) is 9.59 Å². The van der Waals surface area contributed by atoms with E-state index in [4.69, 9.17) is 16.3 Å². The van der Waals surface area contributed by atoms with E-state index >= 15 is 0 Å². The van der Waals surface area contributed by atoms with E-state index in [1.54, 1.807) is 20.1 Å². The average Bonchev–Trinajstić information content (AvgIpc) is 3.17. The van der Waals surface area contributed by atoms with E-state index in [0.29, 0.717) is 17.9 Å². The third kappa shape index (κ3) is 4.34. The summed E-state index contributed by atoms with van der Waals surface area (Å²) in [5, 5.41) is 9.20. The molecule has 28 heavy (non-hydrogen) atoms. The Kier molecular flexibility index (Phi) is 6.31. The van der Waals surface area contributed by atoms with Gasteiger partial charge in [-0.2, -0.15) is 5.10 Å². The minimum Gasteiger partial charge on any atom is -0.497 e. The van der Waals surface area contributed by atoms with Gasteiger partial charge in [0.1, 0.15) is 5.75 Å². The fourth-order valence-corrected chi connectivity index (χ4v) is 3.31. The molecule has 0 spiro atoms. The molecule has 0 bridgehead atoms. The SMILES string of the molecule is CCC(=O)NCC(=O)N1N=C(c2ccccc2Cl)C[C@H]1c1ccc(OC)cc1. The molecule has 2 aromatic carbocycles. The largest absolute Gasteiger partial charge is 0.497 e. The first-order chi connectivity index (χ1) is 13.5. The molecule has 146 valence electrons. The van der Waals surface area contributed by atoms with E-state index in [-0.39, 0.29) is 24.4 Å². The van der Waals surface area contributed by atoms with Gasteiger partial charge < -0.3 is 10.1 Å². The first-order valence-electron chi connectivity index (χ1n) is 9.08. The predicted octanol–water partition coefficient (Wildman–Crippen LogP) is 3.55. The van der Waals surface area contributed by atoms with Crippen LogP contribution in [0.3, 0.4) is 0 Å². The van der Waals surface area contributed by atoms with Gasteiger partial charge in [-0.05, 0) is 23.8 Å². The topological polar surface area (TPSA) is 71.0 Å². The van der Waals surface area contributed by atoms with Crippen molar-refractivity contribution in [1.82, 2.24) is 10.3 Å². The van der Waals surface area contributed by atoms with Crippen molar-refractivity contribution in [1.29, 1.82) is 0 Å². The van der Waals surface area contributed by atoms with Crippen molar-refractivity contribution >= 4 is 29.1 Å². The van der Waals surface area contributed by atoms with Crippen molar-refractivity contribution in [3.63, 3.8) is 0 Å². The van der Waals surface area contributed by atoms with Crippen LogP contribution in [0.4, 0.5) is 0 Å². The van der Waals surface area contributed by atoms with Crippen molar-refractivity contribution in [2.75, 3.05) is 13.7 Å². The first-order valence-corrected chi connectivity index (χ1v) is 9.46. The molecule has 0 fully saturated rings. The summed E-state index contributed by atoms with van der Waals surface area (Å²) in [4.78, 5) is 24.3. The standard InChI is InChI=1S/C21H22ClN3O3/c1-3-20(26)23-13-21(27)25-19(14-8-10-15(28-2)11-9-14)12-18(24-25)16-6-4-5-7-17(16)22/h4-11,19H,3,12-13H2,1-2H3,(H,23,26)/t19-/m0/s1. The summed E-state index contributed by atoms with van der Waals surface area (Å²) >= 11 is 6.33. The zero-order valence-electron chi connectivity index (χ0n) is 15.8.